The normalized spacial score (nSPS) is 19.8. The van der Waals surface area contributed by atoms with Crippen molar-refractivity contribution in [3.05, 3.63) is 36.9 Å². The summed E-state index contributed by atoms with van der Waals surface area (Å²) in [6, 6.07) is 8.95. The quantitative estimate of drug-likeness (QED) is 0.717. The molecule has 2 nitrogen and oxygen atoms in total. The number of anilines is 2. The third-order valence-corrected chi connectivity index (χ3v) is 2.66. The van der Waals surface area contributed by atoms with Gasteiger partial charge in [-0.15, -0.1) is 6.58 Å². The molecule has 1 aliphatic rings. The Morgan fingerprint density at radius 3 is 3.14 bits per heavy atom. The lowest BCUT2D eigenvalue weighted by Gasteiger charge is -2.36. The minimum absolute atomic E-state index is 0.530. The first-order valence-electron chi connectivity index (χ1n) is 5.03. The van der Waals surface area contributed by atoms with Gasteiger partial charge in [0.25, 0.3) is 0 Å². The van der Waals surface area contributed by atoms with Crippen molar-refractivity contribution in [2.75, 3.05) is 23.3 Å². The SMILES string of the molecule is C=CCN1c2ccccc2NCC1C. The van der Waals surface area contributed by atoms with Crippen LogP contribution in [-0.2, 0) is 0 Å². The van der Waals surface area contributed by atoms with Gasteiger partial charge in [-0.2, -0.15) is 0 Å². The number of para-hydroxylation sites is 2. The predicted octanol–water partition coefficient (Wildman–Crippen LogP) is 2.49. The molecule has 1 heterocycles. The van der Waals surface area contributed by atoms with Gasteiger partial charge in [-0.3, -0.25) is 0 Å². The average molecular weight is 188 g/mol. The van der Waals surface area contributed by atoms with Crippen molar-refractivity contribution < 1.29 is 0 Å². The first-order chi connectivity index (χ1) is 6.83. The van der Waals surface area contributed by atoms with Crippen LogP contribution in [0.4, 0.5) is 11.4 Å². The van der Waals surface area contributed by atoms with Crippen LogP contribution in [0.3, 0.4) is 0 Å². The molecule has 1 aromatic rings. The fourth-order valence-electron chi connectivity index (χ4n) is 1.90. The molecular weight excluding hydrogens is 172 g/mol. The number of rotatable bonds is 2. The van der Waals surface area contributed by atoms with E-state index in [0.717, 1.165) is 13.1 Å². The largest absolute Gasteiger partial charge is 0.381 e. The topological polar surface area (TPSA) is 15.3 Å². The van der Waals surface area contributed by atoms with Crippen LogP contribution in [0.15, 0.2) is 36.9 Å². The lowest BCUT2D eigenvalue weighted by atomic mass is 10.1. The van der Waals surface area contributed by atoms with E-state index in [1.165, 1.54) is 11.4 Å². The van der Waals surface area contributed by atoms with Crippen LogP contribution in [0.2, 0.25) is 0 Å². The molecule has 0 saturated heterocycles. The molecular formula is C12H16N2. The maximum Gasteiger partial charge on any atom is 0.0607 e. The highest BCUT2D eigenvalue weighted by atomic mass is 15.2. The Hall–Kier alpha value is -1.44. The number of benzene rings is 1. The van der Waals surface area contributed by atoms with Crippen molar-refractivity contribution in [3.63, 3.8) is 0 Å². The Bertz CT molecular complexity index is 333. The molecule has 0 radical (unpaired) electrons. The summed E-state index contributed by atoms with van der Waals surface area (Å²) in [7, 11) is 0. The Morgan fingerprint density at radius 1 is 1.57 bits per heavy atom. The van der Waals surface area contributed by atoms with Gasteiger partial charge in [-0.25, -0.2) is 0 Å². The van der Waals surface area contributed by atoms with Gasteiger partial charge < -0.3 is 10.2 Å². The molecule has 1 aromatic carbocycles. The number of fused-ring (bicyclic) bond motifs is 1. The average Bonchev–Trinajstić information content (AvgIpc) is 2.23. The number of nitrogens with one attached hydrogen (secondary N) is 1. The van der Waals surface area contributed by atoms with E-state index >= 15 is 0 Å². The third-order valence-electron chi connectivity index (χ3n) is 2.66. The summed E-state index contributed by atoms with van der Waals surface area (Å²) in [6.45, 7) is 7.95. The van der Waals surface area contributed by atoms with Crippen LogP contribution in [0.5, 0.6) is 0 Å². The molecule has 0 amide bonds. The lowest BCUT2D eigenvalue weighted by Crippen LogP contribution is -2.42. The van der Waals surface area contributed by atoms with Gasteiger partial charge in [0, 0.05) is 19.1 Å². The Morgan fingerprint density at radius 2 is 2.36 bits per heavy atom. The highest BCUT2D eigenvalue weighted by Gasteiger charge is 2.20. The zero-order chi connectivity index (χ0) is 9.97. The van der Waals surface area contributed by atoms with Gasteiger partial charge in [-0.05, 0) is 19.1 Å². The predicted molar refractivity (Wildman–Crippen MR) is 61.9 cm³/mol. The van der Waals surface area contributed by atoms with E-state index in [0.29, 0.717) is 6.04 Å². The summed E-state index contributed by atoms with van der Waals surface area (Å²) in [5.74, 6) is 0. The van der Waals surface area contributed by atoms with Gasteiger partial charge >= 0.3 is 0 Å². The van der Waals surface area contributed by atoms with Crippen LogP contribution in [0.1, 0.15) is 6.92 Å². The van der Waals surface area contributed by atoms with Crippen molar-refractivity contribution in [3.8, 4) is 0 Å². The molecule has 0 aromatic heterocycles. The first-order valence-corrected chi connectivity index (χ1v) is 5.03. The second-order valence-corrected chi connectivity index (χ2v) is 3.69. The molecule has 2 heteroatoms. The van der Waals surface area contributed by atoms with E-state index in [-0.39, 0.29) is 0 Å². The van der Waals surface area contributed by atoms with Crippen LogP contribution < -0.4 is 10.2 Å². The van der Waals surface area contributed by atoms with Crippen molar-refractivity contribution in [1.29, 1.82) is 0 Å². The second kappa shape index (κ2) is 3.74. The highest BCUT2D eigenvalue weighted by molar-refractivity contribution is 5.72. The molecule has 1 N–H and O–H groups in total. The Kier molecular flexibility index (Phi) is 2.44. The fourth-order valence-corrected chi connectivity index (χ4v) is 1.90. The van der Waals surface area contributed by atoms with Crippen molar-refractivity contribution >= 4 is 11.4 Å². The van der Waals surface area contributed by atoms with Gasteiger partial charge in [0.1, 0.15) is 0 Å². The molecule has 0 saturated carbocycles. The Balaban J connectivity index is 2.35. The second-order valence-electron chi connectivity index (χ2n) is 3.69. The zero-order valence-electron chi connectivity index (χ0n) is 8.53. The molecule has 1 unspecified atom stereocenters. The van der Waals surface area contributed by atoms with Crippen LogP contribution >= 0.6 is 0 Å². The van der Waals surface area contributed by atoms with Crippen molar-refractivity contribution in [2.45, 2.75) is 13.0 Å². The molecule has 14 heavy (non-hydrogen) atoms. The maximum absolute atomic E-state index is 3.80. The van der Waals surface area contributed by atoms with E-state index in [2.05, 4.69) is 48.0 Å². The summed E-state index contributed by atoms with van der Waals surface area (Å²) in [5, 5.41) is 3.42. The highest BCUT2D eigenvalue weighted by Crippen LogP contribution is 2.30. The number of hydrogen-bond donors (Lipinski definition) is 1. The van der Waals surface area contributed by atoms with Crippen LogP contribution in [0.25, 0.3) is 0 Å². The molecule has 1 aliphatic heterocycles. The minimum Gasteiger partial charge on any atom is -0.381 e. The fraction of sp³-hybridized carbons (Fsp3) is 0.333. The maximum atomic E-state index is 3.80. The molecule has 0 fully saturated rings. The monoisotopic (exact) mass is 188 g/mol. The molecule has 2 rings (SSSR count). The summed E-state index contributed by atoms with van der Waals surface area (Å²) >= 11 is 0. The number of nitrogens with zero attached hydrogens (tertiary/aromatic N) is 1. The summed E-state index contributed by atoms with van der Waals surface area (Å²) in [6.07, 6.45) is 1.96. The molecule has 0 spiro atoms. The third kappa shape index (κ3) is 1.48. The van der Waals surface area contributed by atoms with Gasteiger partial charge in [-0.1, -0.05) is 18.2 Å². The molecule has 1 atom stereocenters. The first kappa shape index (κ1) is 9.13. The lowest BCUT2D eigenvalue weighted by molar-refractivity contribution is 0.674. The van der Waals surface area contributed by atoms with E-state index in [1.807, 2.05) is 6.08 Å². The Labute approximate surface area is 85.2 Å². The standard InChI is InChI=1S/C12H16N2/c1-3-8-14-10(2)9-13-11-6-4-5-7-12(11)14/h3-7,10,13H,1,8-9H2,2H3. The van der Waals surface area contributed by atoms with Crippen molar-refractivity contribution in [1.82, 2.24) is 0 Å². The zero-order valence-corrected chi connectivity index (χ0v) is 8.53. The van der Waals surface area contributed by atoms with E-state index in [9.17, 15) is 0 Å². The van der Waals surface area contributed by atoms with E-state index in [4.69, 9.17) is 0 Å². The number of hydrogen-bond acceptors (Lipinski definition) is 2. The van der Waals surface area contributed by atoms with E-state index < -0.39 is 0 Å². The van der Waals surface area contributed by atoms with Crippen LogP contribution in [-0.4, -0.2) is 19.1 Å². The molecule has 0 aliphatic carbocycles. The molecule has 0 bridgehead atoms. The van der Waals surface area contributed by atoms with Gasteiger partial charge in [0.05, 0.1) is 11.4 Å². The smallest absolute Gasteiger partial charge is 0.0607 e. The summed E-state index contributed by atoms with van der Waals surface area (Å²) in [5.41, 5.74) is 2.51. The van der Waals surface area contributed by atoms with Crippen LogP contribution in [0, 0.1) is 0 Å². The van der Waals surface area contributed by atoms with Crippen molar-refractivity contribution in [2.24, 2.45) is 0 Å². The van der Waals surface area contributed by atoms with Gasteiger partial charge in [0.15, 0.2) is 0 Å². The minimum atomic E-state index is 0.530. The van der Waals surface area contributed by atoms with E-state index in [1.54, 1.807) is 0 Å². The summed E-state index contributed by atoms with van der Waals surface area (Å²) < 4.78 is 0. The molecule has 74 valence electrons. The summed E-state index contributed by atoms with van der Waals surface area (Å²) in [4.78, 5) is 2.37. The van der Waals surface area contributed by atoms with Gasteiger partial charge in [0.2, 0.25) is 0 Å².